The van der Waals surface area contributed by atoms with E-state index in [1.165, 1.54) is 17.7 Å². The van der Waals surface area contributed by atoms with Gasteiger partial charge in [0.1, 0.15) is 11.6 Å². The van der Waals surface area contributed by atoms with Gasteiger partial charge in [0.2, 0.25) is 0 Å². The molecule has 2 rings (SSSR count). The summed E-state index contributed by atoms with van der Waals surface area (Å²) in [6.07, 6.45) is -0.622. The van der Waals surface area contributed by atoms with Crippen molar-refractivity contribution < 1.29 is 13.9 Å². The maximum absolute atomic E-state index is 13.0. The minimum Gasteiger partial charge on any atom is -0.481 e. The Morgan fingerprint density at radius 3 is 2.08 bits per heavy atom. The zero-order chi connectivity index (χ0) is 18.6. The lowest BCUT2D eigenvalue weighted by Gasteiger charge is -2.21. The molecular formula is C21H26FNO2. The van der Waals surface area contributed by atoms with Crippen LogP contribution in [-0.4, -0.2) is 12.0 Å². The zero-order valence-corrected chi connectivity index (χ0v) is 15.5. The molecule has 0 bridgehead atoms. The molecule has 0 aliphatic carbocycles. The first-order valence-electron chi connectivity index (χ1n) is 8.50. The summed E-state index contributed by atoms with van der Waals surface area (Å²) in [4.78, 5) is 12.3. The highest BCUT2D eigenvalue weighted by atomic mass is 19.1. The molecule has 0 heterocycles. The predicted octanol–water partition coefficient (Wildman–Crippen LogP) is 4.77. The summed E-state index contributed by atoms with van der Waals surface area (Å²) in [7, 11) is 0. The lowest BCUT2D eigenvalue weighted by Crippen LogP contribution is -2.37. The van der Waals surface area contributed by atoms with Crippen molar-refractivity contribution >= 4 is 5.91 Å². The van der Waals surface area contributed by atoms with Crippen LogP contribution in [0.5, 0.6) is 5.75 Å². The van der Waals surface area contributed by atoms with Crippen molar-refractivity contribution in [3.05, 3.63) is 65.5 Å². The van der Waals surface area contributed by atoms with E-state index in [-0.39, 0.29) is 23.2 Å². The number of ether oxygens (including phenoxy) is 1. The van der Waals surface area contributed by atoms with Gasteiger partial charge >= 0.3 is 0 Å². The van der Waals surface area contributed by atoms with Crippen molar-refractivity contribution in [2.75, 3.05) is 0 Å². The Morgan fingerprint density at radius 2 is 1.56 bits per heavy atom. The van der Waals surface area contributed by atoms with E-state index in [9.17, 15) is 9.18 Å². The standard InChI is InChI=1S/C21H26FNO2/c1-14(16-6-10-18(22)11-7-16)23-20(24)15(2)25-19-12-8-17(9-13-19)21(3,4)5/h6-15H,1-5H3,(H,23,24)/t14-,15+/m1/s1. The minimum atomic E-state index is -0.622. The molecule has 3 nitrogen and oxygen atoms in total. The van der Waals surface area contributed by atoms with E-state index in [0.29, 0.717) is 5.75 Å². The predicted molar refractivity (Wildman–Crippen MR) is 98.2 cm³/mol. The van der Waals surface area contributed by atoms with Crippen LogP contribution in [0.15, 0.2) is 48.5 Å². The molecule has 0 radical (unpaired) electrons. The van der Waals surface area contributed by atoms with Crippen molar-refractivity contribution in [2.24, 2.45) is 0 Å². The summed E-state index contributed by atoms with van der Waals surface area (Å²) < 4.78 is 18.7. The van der Waals surface area contributed by atoms with Crippen LogP contribution in [0.3, 0.4) is 0 Å². The monoisotopic (exact) mass is 343 g/mol. The molecule has 0 fully saturated rings. The normalized spacial score (nSPS) is 13.8. The van der Waals surface area contributed by atoms with Crippen LogP contribution in [0.25, 0.3) is 0 Å². The van der Waals surface area contributed by atoms with Gasteiger partial charge in [-0.15, -0.1) is 0 Å². The van der Waals surface area contributed by atoms with E-state index in [0.717, 1.165) is 5.56 Å². The molecule has 2 atom stereocenters. The highest BCUT2D eigenvalue weighted by molar-refractivity contribution is 5.81. The Morgan fingerprint density at radius 1 is 1.00 bits per heavy atom. The number of amides is 1. The molecule has 134 valence electrons. The number of hydrogen-bond donors (Lipinski definition) is 1. The molecule has 0 aliphatic heterocycles. The summed E-state index contributed by atoms with van der Waals surface area (Å²) >= 11 is 0. The van der Waals surface area contributed by atoms with Crippen molar-refractivity contribution in [3.8, 4) is 5.75 Å². The van der Waals surface area contributed by atoms with Gasteiger partial charge in [-0.25, -0.2) is 4.39 Å². The van der Waals surface area contributed by atoms with E-state index in [4.69, 9.17) is 4.74 Å². The van der Waals surface area contributed by atoms with E-state index in [1.54, 1.807) is 19.1 Å². The first-order valence-corrected chi connectivity index (χ1v) is 8.50. The largest absolute Gasteiger partial charge is 0.481 e. The van der Waals surface area contributed by atoms with Gasteiger partial charge in [0, 0.05) is 0 Å². The maximum Gasteiger partial charge on any atom is 0.261 e. The molecule has 0 aliphatic rings. The second-order valence-corrected chi connectivity index (χ2v) is 7.32. The molecule has 1 N–H and O–H groups in total. The van der Waals surface area contributed by atoms with Gasteiger partial charge in [-0.1, -0.05) is 45.0 Å². The fourth-order valence-corrected chi connectivity index (χ4v) is 2.46. The first-order chi connectivity index (χ1) is 11.7. The molecule has 2 aromatic rings. The topological polar surface area (TPSA) is 38.3 Å². The van der Waals surface area contributed by atoms with Crippen LogP contribution < -0.4 is 10.1 Å². The highest BCUT2D eigenvalue weighted by Crippen LogP contribution is 2.24. The van der Waals surface area contributed by atoms with Crippen LogP contribution >= 0.6 is 0 Å². The second-order valence-electron chi connectivity index (χ2n) is 7.32. The molecule has 0 aromatic heterocycles. The Balaban J connectivity index is 1.94. The van der Waals surface area contributed by atoms with E-state index in [1.807, 2.05) is 31.2 Å². The number of halogens is 1. The third-order valence-electron chi connectivity index (χ3n) is 4.13. The average molecular weight is 343 g/mol. The summed E-state index contributed by atoms with van der Waals surface area (Å²) in [6, 6.07) is 13.7. The van der Waals surface area contributed by atoms with Crippen molar-refractivity contribution in [1.29, 1.82) is 0 Å². The Hall–Kier alpha value is -2.36. The summed E-state index contributed by atoms with van der Waals surface area (Å²) in [6.45, 7) is 10.0. The molecule has 0 spiro atoms. The minimum absolute atomic E-state index is 0.0755. The van der Waals surface area contributed by atoms with Crippen LogP contribution in [0.1, 0.15) is 51.8 Å². The van der Waals surface area contributed by atoms with Gasteiger partial charge in [0.05, 0.1) is 6.04 Å². The zero-order valence-electron chi connectivity index (χ0n) is 15.5. The van der Waals surface area contributed by atoms with Gasteiger partial charge in [-0.2, -0.15) is 0 Å². The van der Waals surface area contributed by atoms with E-state index < -0.39 is 6.10 Å². The lowest BCUT2D eigenvalue weighted by atomic mass is 9.87. The number of hydrogen-bond acceptors (Lipinski definition) is 2. The molecule has 2 aromatic carbocycles. The van der Waals surface area contributed by atoms with Gasteiger partial charge in [-0.3, -0.25) is 4.79 Å². The van der Waals surface area contributed by atoms with Crippen LogP contribution in [0.4, 0.5) is 4.39 Å². The molecular weight excluding hydrogens is 317 g/mol. The smallest absolute Gasteiger partial charge is 0.261 e. The Labute approximate surface area is 149 Å². The van der Waals surface area contributed by atoms with Crippen LogP contribution in [0.2, 0.25) is 0 Å². The van der Waals surface area contributed by atoms with Gasteiger partial charge in [-0.05, 0) is 54.7 Å². The van der Waals surface area contributed by atoms with Gasteiger partial charge in [0.15, 0.2) is 6.10 Å². The molecule has 0 saturated carbocycles. The quantitative estimate of drug-likeness (QED) is 0.849. The van der Waals surface area contributed by atoms with Crippen molar-refractivity contribution in [1.82, 2.24) is 5.32 Å². The van der Waals surface area contributed by atoms with Crippen LogP contribution in [0, 0.1) is 5.82 Å². The Kier molecular flexibility index (Phi) is 5.83. The third kappa shape index (κ3) is 5.31. The Bertz CT molecular complexity index is 702. The van der Waals surface area contributed by atoms with Gasteiger partial charge in [0.25, 0.3) is 5.91 Å². The molecule has 0 saturated heterocycles. The average Bonchev–Trinajstić information content (AvgIpc) is 2.55. The van der Waals surface area contributed by atoms with Crippen molar-refractivity contribution in [2.45, 2.75) is 52.2 Å². The third-order valence-corrected chi connectivity index (χ3v) is 4.13. The second kappa shape index (κ2) is 7.68. The summed E-state index contributed by atoms with van der Waals surface area (Å²) in [5, 5.41) is 2.88. The van der Waals surface area contributed by atoms with E-state index >= 15 is 0 Å². The number of nitrogens with one attached hydrogen (secondary N) is 1. The molecule has 0 unspecified atom stereocenters. The molecule has 4 heteroatoms. The van der Waals surface area contributed by atoms with Crippen molar-refractivity contribution in [3.63, 3.8) is 0 Å². The fraction of sp³-hybridized carbons (Fsp3) is 0.381. The number of carbonyl (C=O) groups is 1. The molecule has 1 amide bonds. The maximum atomic E-state index is 13.0. The van der Waals surface area contributed by atoms with Gasteiger partial charge < -0.3 is 10.1 Å². The fourth-order valence-electron chi connectivity index (χ4n) is 2.46. The lowest BCUT2D eigenvalue weighted by molar-refractivity contribution is -0.127. The summed E-state index contributed by atoms with van der Waals surface area (Å²) in [5.41, 5.74) is 2.13. The number of rotatable bonds is 5. The van der Waals surface area contributed by atoms with E-state index in [2.05, 4.69) is 26.1 Å². The van der Waals surface area contributed by atoms with Crippen LogP contribution in [-0.2, 0) is 10.2 Å². The highest BCUT2D eigenvalue weighted by Gasteiger charge is 2.18. The number of benzene rings is 2. The summed E-state index contributed by atoms with van der Waals surface area (Å²) in [5.74, 6) is 0.152. The SMILES string of the molecule is C[C@H](Oc1ccc(C(C)(C)C)cc1)C(=O)N[C@H](C)c1ccc(F)cc1. The molecule has 25 heavy (non-hydrogen) atoms. The first kappa shape index (κ1) is 19.0. The number of carbonyl (C=O) groups excluding carboxylic acids is 1.